The van der Waals surface area contributed by atoms with Crippen molar-refractivity contribution in [2.75, 3.05) is 20.1 Å². The molecule has 0 saturated heterocycles. The van der Waals surface area contributed by atoms with Gasteiger partial charge in [-0.3, -0.25) is 14.9 Å². The van der Waals surface area contributed by atoms with Gasteiger partial charge in [-0.25, -0.2) is 4.68 Å². The van der Waals surface area contributed by atoms with Crippen LogP contribution in [0.4, 0.5) is 5.69 Å². The first-order chi connectivity index (χ1) is 11.2. The smallest absolute Gasteiger partial charge is 0.274 e. The molecule has 0 atom stereocenters. The predicted molar refractivity (Wildman–Crippen MR) is 97.3 cm³/mol. The summed E-state index contributed by atoms with van der Waals surface area (Å²) in [7, 11) is 1.70. The minimum Gasteiger partial charge on any atom is -0.340 e. The molecule has 2 rings (SSSR count). The Kier molecular flexibility index (Phi) is 6.66. The summed E-state index contributed by atoms with van der Waals surface area (Å²) < 4.78 is 1.45. The van der Waals surface area contributed by atoms with E-state index in [0.29, 0.717) is 18.8 Å². The average molecular weight is 368 g/mol. The van der Waals surface area contributed by atoms with Gasteiger partial charge in [0.2, 0.25) is 0 Å². The molecule has 0 aliphatic rings. The van der Waals surface area contributed by atoms with Gasteiger partial charge in [-0.2, -0.15) is 5.10 Å². The van der Waals surface area contributed by atoms with Crippen LogP contribution in [0.3, 0.4) is 0 Å². The lowest BCUT2D eigenvalue weighted by molar-refractivity contribution is -0.384. The lowest BCUT2D eigenvalue weighted by Gasteiger charge is -2.28. The Balaban J connectivity index is 0.00000312. The van der Waals surface area contributed by atoms with E-state index >= 15 is 0 Å². The third-order valence-corrected chi connectivity index (χ3v) is 3.68. The summed E-state index contributed by atoms with van der Waals surface area (Å²) in [5.74, 6) is -0.222. The van der Waals surface area contributed by atoms with E-state index in [-0.39, 0.29) is 35.1 Å². The van der Waals surface area contributed by atoms with Crippen molar-refractivity contribution in [3.63, 3.8) is 0 Å². The molecule has 1 heterocycles. The summed E-state index contributed by atoms with van der Waals surface area (Å²) in [6.07, 6.45) is 1.61. The molecule has 1 aromatic carbocycles. The van der Waals surface area contributed by atoms with Gasteiger partial charge in [0.25, 0.3) is 11.6 Å². The van der Waals surface area contributed by atoms with E-state index in [2.05, 4.69) is 5.10 Å². The molecular formula is C16H22ClN5O3. The summed E-state index contributed by atoms with van der Waals surface area (Å²) in [4.78, 5) is 24.4. The molecule has 2 N–H and O–H groups in total. The zero-order valence-corrected chi connectivity index (χ0v) is 15.2. The molecule has 25 heavy (non-hydrogen) atoms. The fourth-order valence-corrected chi connectivity index (χ4v) is 2.30. The number of hydrogen-bond donors (Lipinski definition) is 1. The van der Waals surface area contributed by atoms with Crippen molar-refractivity contribution in [1.82, 2.24) is 14.7 Å². The number of nitrogens with two attached hydrogens (primary N) is 1. The third kappa shape index (κ3) is 5.01. The van der Waals surface area contributed by atoms with E-state index < -0.39 is 4.92 Å². The lowest BCUT2D eigenvalue weighted by atomic mass is 9.93. The maximum atomic E-state index is 12.5. The summed E-state index contributed by atoms with van der Waals surface area (Å²) >= 11 is 0. The largest absolute Gasteiger partial charge is 0.340 e. The lowest BCUT2D eigenvalue weighted by Crippen LogP contribution is -2.39. The van der Waals surface area contributed by atoms with Gasteiger partial charge >= 0.3 is 0 Å². The van der Waals surface area contributed by atoms with Gasteiger partial charge in [0.05, 0.1) is 10.6 Å². The second kappa shape index (κ2) is 8.09. The highest BCUT2D eigenvalue weighted by Gasteiger charge is 2.23. The van der Waals surface area contributed by atoms with Crippen LogP contribution in [0, 0.1) is 15.5 Å². The Morgan fingerprint density at radius 1 is 1.40 bits per heavy atom. The number of carbonyl (C=O) groups excluding carboxylic acids is 1. The number of halogens is 1. The number of carbonyl (C=O) groups is 1. The van der Waals surface area contributed by atoms with Crippen LogP contribution < -0.4 is 5.73 Å². The van der Waals surface area contributed by atoms with Crippen LogP contribution in [0.2, 0.25) is 0 Å². The number of nitrogens with zero attached hydrogens (tertiary/aromatic N) is 4. The highest BCUT2D eigenvalue weighted by Crippen LogP contribution is 2.18. The fourth-order valence-electron chi connectivity index (χ4n) is 2.30. The molecule has 0 unspecified atom stereocenters. The normalized spacial score (nSPS) is 10.9. The number of nitro groups is 1. The highest BCUT2D eigenvalue weighted by atomic mass is 35.5. The molecule has 2 aromatic rings. The molecule has 1 aromatic heterocycles. The fraction of sp³-hybridized carbons (Fsp3) is 0.375. The molecule has 0 bridgehead atoms. The van der Waals surface area contributed by atoms with Crippen LogP contribution in [-0.2, 0) is 0 Å². The maximum absolute atomic E-state index is 12.5. The van der Waals surface area contributed by atoms with Crippen molar-refractivity contribution in [3.05, 3.63) is 52.3 Å². The van der Waals surface area contributed by atoms with E-state index in [9.17, 15) is 14.9 Å². The molecule has 0 aliphatic carbocycles. The Morgan fingerprint density at radius 3 is 2.68 bits per heavy atom. The summed E-state index contributed by atoms with van der Waals surface area (Å²) in [5.41, 5.74) is 6.28. The second-order valence-electron chi connectivity index (χ2n) is 6.45. The van der Waals surface area contributed by atoms with Gasteiger partial charge in [-0.15, -0.1) is 12.4 Å². The molecule has 1 amide bonds. The quantitative estimate of drug-likeness (QED) is 0.622. The minimum absolute atomic E-state index is 0. The molecular weight excluding hydrogens is 346 g/mol. The van der Waals surface area contributed by atoms with E-state index in [1.807, 2.05) is 13.8 Å². The predicted octanol–water partition coefficient (Wildman–Crippen LogP) is 2.26. The van der Waals surface area contributed by atoms with Gasteiger partial charge in [0.1, 0.15) is 0 Å². The average Bonchev–Trinajstić information content (AvgIpc) is 3.03. The van der Waals surface area contributed by atoms with Gasteiger partial charge in [0.15, 0.2) is 5.69 Å². The summed E-state index contributed by atoms with van der Waals surface area (Å²) in [6, 6.07) is 7.67. The van der Waals surface area contributed by atoms with Crippen LogP contribution in [0.15, 0.2) is 36.5 Å². The standard InChI is InChI=1S/C16H21N5O3.ClH/c1-16(2,10-17)11-19(3)15(22)14-7-8-20(18-14)12-5-4-6-13(9-12)21(23)24;/h4-9H,10-11,17H2,1-3H3;1H. The van der Waals surface area contributed by atoms with Gasteiger partial charge in [-0.1, -0.05) is 19.9 Å². The van der Waals surface area contributed by atoms with Crippen molar-refractivity contribution in [1.29, 1.82) is 0 Å². The Morgan fingerprint density at radius 2 is 2.08 bits per heavy atom. The molecule has 136 valence electrons. The molecule has 0 saturated carbocycles. The topological polar surface area (TPSA) is 107 Å². The van der Waals surface area contributed by atoms with Crippen LogP contribution in [0.5, 0.6) is 0 Å². The molecule has 0 spiro atoms. The first kappa shape index (κ1) is 20.6. The van der Waals surface area contributed by atoms with Gasteiger partial charge in [-0.05, 0) is 24.1 Å². The molecule has 8 nitrogen and oxygen atoms in total. The zero-order chi connectivity index (χ0) is 17.9. The minimum atomic E-state index is -0.470. The number of benzene rings is 1. The Labute approximate surface area is 152 Å². The number of rotatable bonds is 6. The molecule has 0 radical (unpaired) electrons. The highest BCUT2D eigenvalue weighted by molar-refractivity contribution is 5.92. The van der Waals surface area contributed by atoms with Crippen molar-refractivity contribution < 1.29 is 9.72 Å². The van der Waals surface area contributed by atoms with Crippen LogP contribution in [0.1, 0.15) is 24.3 Å². The first-order valence-corrected chi connectivity index (χ1v) is 7.49. The first-order valence-electron chi connectivity index (χ1n) is 7.49. The third-order valence-electron chi connectivity index (χ3n) is 3.68. The van der Waals surface area contributed by atoms with Gasteiger partial charge in [0, 0.05) is 31.9 Å². The van der Waals surface area contributed by atoms with Crippen LogP contribution >= 0.6 is 12.4 Å². The monoisotopic (exact) mass is 367 g/mol. The Bertz CT molecular complexity index is 760. The Hall–Kier alpha value is -2.45. The number of amides is 1. The second-order valence-corrected chi connectivity index (χ2v) is 6.45. The SMILES string of the molecule is CN(CC(C)(C)CN)C(=O)c1ccn(-c2cccc([N+](=O)[O-])c2)n1.Cl. The maximum Gasteiger partial charge on any atom is 0.274 e. The van der Waals surface area contributed by atoms with Crippen molar-refractivity contribution >= 4 is 24.0 Å². The molecule has 0 aliphatic heterocycles. The summed E-state index contributed by atoms with van der Waals surface area (Å²) in [6.45, 7) is 4.94. The molecule has 9 heteroatoms. The molecule has 0 fully saturated rings. The van der Waals surface area contributed by atoms with E-state index in [1.165, 1.54) is 16.8 Å². The number of hydrogen-bond acceptors (Lipinski definition) is 5. The number of aromatic nitrogens is 2. The van der Waals surface area contributed by atoms with Crippen LogP contribution in [0.25, 0.3) is 5.69 Å². The van der Waals surface area contributed by atoms with Crippen molar-refractivity contribution in [2.24, 2.45) is 11.1 Å². The summed E-state index contributed by atoms with van der Waals surface area (Å²) in [5, 5.41) is 15.1. The number of nitro benzene ring substituents is 1. The van der Waals surface area contributed by atoms with E-state index in [0.717, 1.165) is 0 Å². The van der Waals surface area contributed by atoms with Gasteiger partial charge < -0.3 is 10.6 Å². The van der Waals surface area contributed by atoms with Crippen LogP contribution in [-0.4, -0.2) is 45.6 Å². The van der Waals surface area contributed by atoms with Crippen molar-refractivity contribution in [3.8, 4) is 5.69 Å². The van der Waals surface area contributed by atoms with E-state index in [1.54, 1.807) is 36.3 Å². The van der Waals surface area contributed by atoms with E-state index in [4.69, 9.17) is 5.73 Å². The van der Waals surface area contributed by atoms with Crippen molar-refractivity contribution in [2.45, 2.75) is 13.8 Å². The number of non-ortho nitro benzene ring substituents is 1. The zero-order valence-electron chi connectivity index (χ0n) is 14.4.